The van der Waals surface area contributed by atoms with Gasteiger partial charge in [0.05, 0.1) is 12.3 Å². The molecule has 0 N–H and O–H groups in total. The van der Waals surface area contributed by atoms with Gasteiger partial charge in [0.2, 0.25) is 0 Å². The third-order valence-corrected chi connectivity index (χ3v) is 8.08. The molecular weight excluding hydrogens is 626 g/mol. The summed E-state index contributed by atoms with van der Waals surface area (Å²) in [6, 6.07) is 6.88. The largest absolute Gasteiger partial charge is 0.412 e. The molecule has 0 unspecified atom stereocenters. The van der Waals surface area contributed by atoms with Gasteiger partial charge >= 0.3 is 39.9 Å². The second kappa shape index (κ2) is 12.6. The zero-order chi connectivity index (χ0) is 30.6. The van der Waals surface area contributed by atoms with Crippen molar-refractivity contribution in [2.75, 3.05) is 26.4 Å². The van der Waals surface area contributed by atoms with E-state index in [1.165, 1.54) is 24.3 Å². The highest BCUT2D eigenvalue weighted by Gasteiger charge is 2.40. The lowest BCUT2D eigenvalue weighted by molar-refractivity contribution is -0.166. The van der Waals surface area contributed by atoms with Crippen molar-refractivity contribution < 1.29 is 79.9 Å². The first-order valence-corrected chi connectivity index (χ1v) is 14.0. The first-order valence-electron chi connectivity index (χ1n) is 10.5. The average molecular weight is 644 g/mol. The Hall–Kier alpha value is -1.84. The lowest BCUT2D eigenvalue weighted by atomic mass is 10.0. The minimum atomic E-state index is -5.15. The molecule has 0 bridgehead atoms. The SMILES string of the molecule is O=P(Cc1ccc(CP(=O)(OCC(F)(F)F)OCC(F)(F)F)c2ccccc12)(OCC(F)(F)F)OCC(F)(F)F. The van der Waals surface area contributed by atoms with E-state index in [9.17, 15) is 61.8 Å². The van der Waals surface area contributed by atoms with E-state index in [1.807, 2.05) is 0 Å². The maximum atomic E-state index is 12.8. The van der Waals surface area contributed by atoms with Gasteiger partial charge in [0.25, 0.3) is 0 Å². The van der Waals surface area contributed by atoms with E-state index in [-0.39, 0.29) is 21.9 Å². The molecule has 228 valence electrons. The first kappa shape index (κ1) is 34.4. The van der Waals surface area contributed by atoms with Gasteiger partial charge in [-0.25, -0.2) is 0 Å². The van der Waals surface area contributed by atoms with Gasteiger partial charge in [-0.3, -0.25) is 27.2 Å². The molecule has 0 amide bonds. The number of halogens is 12. The van der Waals surface area contributed by atoms with Crippen LogP contribution >= 0.6 is 15.2 Å². The molecular formula is C20H18F12O6P2. The van der Waals surface area contributed by atoms with Crippen LogP contribution in [-0.4, -0.2) is 51.1 Å². The molecule has 0 fully saturated rings. The molecule has 6 nitrogen and oxygen atoms in total. The summed E-state index contributed by atoms with van der Waals surface area (Å²) < 4.78 is 194. The van der Waals surface area contributed by atoms with Crippen molar-refractivity contribution in [3.05, 3.63) is 47.5 Å². The van der Waals surface area contributed by atoms with Crippen LogP contribution in [0.4, 0.5) is 52.7 Å². The molecule has 2 aromatic rings. The molecule has 0 aromatic heterocycles. The van der Waals surface area contributed by atoms with Crippen molar-refractivity contribution >= 4 is 26.0 Å². The van der Waals surface area contributed by atoms with Gasteiger partial charge in [-0.05, 0) is 21.9 Å². The zero-order valence-corrected chi connectivity index (χ0v) is 21.4. The maximum absolute atomic E-state index is 12.8. The molecule has 2 aromatic carbocycles. The van der Waals surface area contributed by atoms with Crippen molar-refractivity contribution in [1.82, 2.24) is 0 Å². The van der Waals surface area contributed by atoms with E-state index in [2.05, 4.69) is 18.1 Å². The summed E-state index contributed by atoms with van der Waals surface area (Å²) in [5.74, 6) is 0. The van der Waals surface area contributed by atoms with Gasteiger partial charge in [-0.1, -0.05) is 36.4 Å². The van der Waals surface area contributed by atoms with E-state index >= 15 is 0 Å². The monoisotopic (exact) mass is 644 g/mol. The highest BCUT2D eigenvalue weighted by atomic mass is 31.2. The second-order valence-corrected chi connectivity index (χ2v) is 12.1. The van der Waals surface area contributed by atoms with Crippen LogP contribution in [0.2, 0.25) is 0 Å². The molecule has 0 saturated heterocycles. The van der Waals surface area contributed by atoms with Crippen molar-refractivity contribution in [2.24, 2.45) is 0 Å². The quantitative estimate of drug-likeness (QED) is 0.170. The van der Waals surface area contributed by atoms with Gasteiger partial charge < -0.3 is 0 Å². The van der Waals surface area contributed by atoms with Crippen LogP contribution in [0.15, 0.2) is 36.4 Å². The molecule has 20 heteroatoms. The van der Waals surface area contributed by atoms with Crippen molar-refractivity contribution in [1.29, 1.82) is 0 Å². The zero-order valence-electron chi connectivity index (χ0n) is 19.6. The molecule has 0 heterocycles. The Morgan fingerprint density at radius 3 is 0.950 bits per heavy atom. The molecule has 0 saturated carbocycles. The minimum absolute atomic E-state index is 0.0790. The van der Waals surface area contributed by atoms with Gasteiger partial charge in [0.15, 0.2) is 26.4 Å². The summed E-state index contributed by atoms with van der Waals surface area (Å²) in [6.07, 6.45) is -22.7. The highest BCUT2D eigenvalue weighted by Crippen LogP contribution is 2.56. The molecule has 0 aliphatic rings. The fourth-order valence-electron chi connectivity index (χ4n) is 3.06. The Balaban J connectivity index is 2.47. The second-order valence-electron chi connectivity index (χ2n) is 8.02. The third-order valence-electron chi connectivity index (χ3n) is 4.53. The van der Waals surface area contributed by atoms with Crippen LogP contribution in [0.1, 0.15) is 11.1 Å². The van der Waals surface area contributed by atoms with E-state index in [4.69, 9.17) is 0 Å². The number of fused-ring (bicyclic) bond motifs is 1. The van der Waals surface area contributed by atoms with Crippen LogP contribution in [-0.2, 0) is 39.5 Å². The normalized spacial score (nSPS) is 14.2. The van der Waals surface area contributed by atoms with Crippen LogP contribution in [0.3, 0.4) is 0 Å². The fourth-order valence-corrected chi connectivity index (χ4v) is 6.33. The van der Waals surface area contributed by atoms with Gasteiger partial charge in [-0.15, -0.1) is 0 Å². The fraction of sp³-hybridized carbons (Fsp3) is 0.500. The number of hydrogen-bond acceptors (Lipinski definition) is 6. The standard InChI is InChI=1S/C20H18F12O6P2/c21-17(22,23)9-35-39(33,36-10-18(24,25)26)7-13-5-6-14(16-4-2-1-3-15(13)16)8-40(34,37-11-19(27,28)29)38-12-20(30,31)32/h1-6H,7-12H2. The Morgan fingerprint density at radius 1 is 0.475 bits per heavy atom. The topological polar surface area (TPSA) is 71.1 Å². The van der Waals surface area contributed by atoms with Crippen LogP contribution in [0.5, 0.6) is 0 Å². The van der Waals surface area contributed by atoms with Gasteiger partial charge in [0, 0.05) is 0 Å². The molecule has 2 rings (SSSR count). The molecule has 40 heavy (non-hydrogen) atoms. The predicted octanol–water partition coefficient (Wildman–Crippen LogP) is 8.54. The van der Waals surface area contributed by atoms with Crippen LogP contribution < -0.4 is 0 Å². The summed E-state index contributed by atoms with van der Waals surface area (Å²) in [5, 5.41) is -0.158. The average Bonchev–Trinajstić information content (AvgIpc) is 2.79. The van der Waals surface area contributed by atoms with Crippen LogP contribution in [0.25, 0.3) is 10.8 Å². The molecule has 0 atom stereocenters. The van der Waals surface area contributed by atoms with Gasteiger partial charge in [-0.2, -0.15) is 52.7 Å². The summed E-state index contributed by atoms with van der Waals surface area (Å²) in [5.41, 5.74) is -0.455. The first-order chi connectivity index (χ1) is 18.0. The van der Waals surface area contributed by atoms with E-state index < -0.39 is 78.6 Å². The van der Waals surface area contributed by atoms with Crippen molar-refractivity contribution in [2.45, 2.75) is 37.0 Å². The Kier molecular flexibility index (Phi) is 10.8. The number of alkyl halides is 12. The number of benzene rings is 2. The summed E-state index contributed by atoms with van der Waals surface area (Å²) in [6.45, 7) is -8.91. The molecule has 0 spiro atoms. The van der Waals surface area contributed by atoms with Crippen LogP contribution in [0, 0.1) is 0 Å². The lowest BCUT2D eigenvalue weighted by Gasteiger charge is -2.23. The summed E-state index contributed by atoms with van der Waals surface area (Å²) >= 11 is 0. The van der Waals surface area contributed by atoms with E-state index in [0.717, 1.165) is 12.1 Å². The molecule has 0 radical (unpaired) electrons. The predicted molar refractivity (Wildman–Crippen MR) is 115 cm³/mol. The van der Waals surface area contributed by atoms with Crippen molar-refractivity contribution in [3.63, 3.8) is 0 Å². The van der Waals surface area contributed by atoms with Gasteiger partial charge in [0.1, 0.15) is 0 Å². The van der Waals surface area contributed by atoms with E-state index in [1.54, 1.807) is 0 Å². The molecule has 0 aliphatic heterocycles. The number of rotatable bonds is 12. The summed E-state index contributed by atoms with van der Waals surface area (Å²) in [4.78, 5) is 0. The number of hydrogen-bond donors (Lipinski definition) is 0. The Bertz CT molecular complexity index is 1100. The summed E-state index contributed by atoms with van der Waals surface area (Å²) in [7, 11) is -10.3. The van der Waals surface area contributed by atoms with E-state index in [0.29, 0.717) is 0 Å². The third kappa shape index (κ3) is 12.4. The Morgan fingerprint density at radius 2 is 0.725 bits per heavy atom. The minimum Gasteiger partial charge on any atom is -0.299 e. The lowest BCUT2D eigenvalue weighted by Crippen LogP contribution is -2.20. The Labute approximate surface area is 217 Å². The smallest absolute Gasteiger partial charge is 0.299 e. The highest BCUT2D eigenvalue weighted by molar-refractivity contribution is 7.53. The van der Waals surface area contributed by atoms with Crippen molar-refractivity contribution in [3.8, 4) is 0 Å². The molecule has 0 aliphatic carbocycles. The maximum Gasteiger partial charge on any atom is 0.412 e.